The number of hydrogen-bond donors (Lipinski definition) is 1. The molecule has 0 saturated heterocycles. The Labute approximate surface area is 275 Å². The van der Waals surface area contributed by atoms with Crippen LogP contribution in [0.3, 0.4) is 0 Å². The van der Waals surface area contributed by atoms with E-state index in [0.717, 1.165) is 69.1 Å². The number of hydrogen-bond acceptors (Lipinski definition) is 4. The van der Waals surface area contributed by atoms with Crippen molar-refractivity contribution in [3.63, 3.8) is 0 Å². The number of ketones is 1. The van der Waals surface area contributed by atoms with Crippen LogP contribution < -0.4 is 10.3 Å². The minimum absolute atomic E-state index is 0.000120. The van der Waals surface area contributed by atoms with Gasteiger partial charge in [-0.15, -0.1) is 0 Å². The van der Waals surface area contributed by atoms with E-state index in [-0.39, 0.29) is 40.7 Å². The Morgan fingerprint density at radius 1 is 0.978 bits per heavy atom. The molecule has 3 atom stereocenters. The van der Waals surface area contributed by atoms with E-state index in [9.17, 15) is 14.7 Å². The number of ether oxygens (including phenoxy) is 1. The topological polar surface area (TPSA) is 68.5 Å². The lowest BCUT2D eigenvalue weighted by Gasteiger charge is -2.41. The van der Waals surface area contributed by atoms with Crippen LogP contribution in [0.2, 0.25) is 0 Å². The maximum atomic E-state index is 13.8. The van der Waals surface area contributed by atoms with Gasteiger partial charge in [0.05, 0.1) is 6.10 Å². The molecule has 1 aromatic heterocycles. The Morgan fingerprint density at radius 2 is 1.72 bits per heavy atom. The van der Waals surface area contributed by atoms with Crippen LogP contribution in [0.1, 0.15) is 137 Å². The molecule has 1 N–H and O–H groups in total. The molecular formula is C41H53NO4. The third-order valence-corrected chi connectivity index (χ3v) is 10.8. The highest BCUT2D eigenvalue weighted by Gasteiger charge is 2.43. The van der Waals surface area contributed by atoms with Gasteiger partial charge in [0.25, 0.3) is 5.56 Å². The first-order valence-electron chi connectivity index (χ1n) is 17.9. The molecule has 2 heterocycles. The third kappa shape index (κ3) is 7.85. The molecule has 2 saturated carbocycles. The minimum atomic E-state index is -0.617. The van der Waals surface area contributed by atoms with Crippen molar-refractivity contribution in [3.8, 4) is 5.75 Å². The molecule has 0 bridgehead atoms. The van der Waals surface area contributed by atoms with Gasteiger partial charge in [-0.25, -0.2) is 0 Å². The van der Waals surface area contributed by atoms with Crippen molar-refractivity contribution in [1.29, 1.82) is 0 Å². The minimum Gasteiger partial charge on any atom is -0.487 e. The van der Waals surface area contributed by atoms with E-state index < -0.39 is 6.10 Å². The monoisotopic (exact) mass is 623 g/mol. The van der Waals surface area contributed by atoms with Crippen molar-refractivity contribution >= 4 is 5.78 Å². The summed E-state index contributed by atoms with van der Waals surface area (Å²) in [5.41, 5.74) is 4.41. The number of carbonyl (C=O) groups is 1. The van der Waals surface area contributed by atoms with E-state index in [4.69, 9.17) is 4.74 Å². The van der Waals surface area contributed by atoms with Crippen LogP contribution in [-0.2, 0) is 12.8 Å². The van der Waals surface area contributed by atoms with Crippen molar-refractivity contribution < 1.29 is 14.6 Å². The van der Waals surface area contributed by atoms with E-state index in [1.807, 2.05) is 18.2 Å². The number of pyridine rings is 1. The van der Waals surface area contributed by atoms with Crippen LogP contribution in [0.15, 0.2) is 71.7 Å². The summed E-state index contributed by atoms with van der Waals surface area (Å²) >= 11 is 0. The van der Waals surface area contributed by atoms with Crippen LogP contribution in [0.4, 0.5) is 0 Å². The fourth-order valence-corrected chi connectivity index (χ4v) is 8.51. The van der Waals surface area contributed by atoms with E-state index in [1.165, 1.54) is 24.0 Å². The van der Waals surface area contributed by atoms with Crippen molar-refractivity contribution in [3.05, 3.63) is 99.5 Å². The molecule has 1 aliphatic heterocycles. The summed E-state index contributed by atoms with van der Waals surface area (Å²) < 4.78 is 8.53. The molecule has 2 aliphatic carbocycles. The van der Waals surface area contributed by atoms with Gasteiger partial charge in [-0.2, -0.15) is 0 Å². The number of carbonyl (C=O) groups excluding carboxylic acids is 1. The van der Waals surface area contributed by atoms with Crippen LogP contribution in [-0.4, -0.2) is 27.2 Å². The first-order chi connectivity index (χ1) is 22.1. The average molecular weight is 624 g/mol. The summed E-state index contributed by atoms with van der Waals surface area (Å²) in [4.78, 5) is 26.4. The molecule has 0 amide bonds. The smallest absolute Gasteiger partial charge is 0.250 e. The highest BCUT2D eigenvalue weighted by molar-refractivity contribution is 5.96. The van der Waals surface area contributed by atoms with Gasteiger partial charge in [0.15, 0.2) is 5.78 Å². The molecule has 0 unspecified atom stereocenters. The average Bonchev–Trinajstić information content (AvgIpc) is 3.72. The zero-order valence-corrected chi connectivity index (χ0v) is 28.2. The van der Waals surface area contributed by atoms with Crippen LogP contribution >= 0.6 is 0 Å². The predicted molar refractivity (Wildman–Crippen MR) is 185 cm³/mol. The van der Waals surface area contributed by atoms with E-state index >= 15 is 0 Å². The maximum Gasteiger partial charge on any atom is 0.250 e. The predicted octanol–water partition coefficient (Wildman–Crippen LogP) is 9.00. The molecule has 1 spiro atoms. The van der Waals surface area contributed by atoms with Gasteiger partial charge in [-0.05, 0) is 117 Å². The number of benzene rings is 2. The fraction of sp³-hybridized carbons (Fsp3) is 0.561. The highest BCUT2D eigenvalue weighted by Crippen LogP contribution is 2.50. The zero-order valence-electron chi connectivity index (χ0n) is 28.2. The lowest BCUT2D eigenvalue weighted by Crippen LogP contribution is -2.38. The molecule has 2 fully saturated rings. The first-order valence-corrected chi connectivity index (χ1v) is 17.9. The molecule has 6 rings (SSSR count). The summed E-state index contributed by atoms with van der Waals surface area (Å²) in [7, 11) is 0. The molecule has 246 valence electrons. The Bertz CT molecular complexity index is 1540. The molecular weight excluding hydrogens is 570 g/mol. The summed E-state index contributed by atoms with van der Waals surface area (Å²) in [5, 5.41) is 11.8. The Morgan fingerprint density at radius 3 is 2.43 bits per heavy atom. The summed E-state index contributed by atoms with van der Waals surface area (Å²) in [6.45, 7) is 6.84. The molecule has 5 nitrogen and oxygen atoms in total. The van der Waals surface area contributed by atoms with Crippen molar-refractivity contribution in [2.45, 2.75) is 134 Å². The second-order valence-corrected chi connectivity index (χ2v) is 15.8. The third-order valence-electron chi connectivity index (χ3n) is 10.8. The first kappa shape index (κ1) is 32.7. The second kappa shape index (κ2) is 13.9. The van der Waals surface area contributed by atoms with Gasteiger partial charge in [0, 0.05) is 30.3 Å². The SMILES string of the molecule is CC(C)(C)Cc1ccc2c(c1)[C@@H](CC[C@@H](O)[C@@H](CC(=O)c1ccc(=O)n(C3CCCC3)c1)Cc1ccccc1)CC1(CCCC1)O2. The molecule has 2 aromatic carbocycles. The van der Waals surface area contributed by atoms with Crippen molar-refractivity contribution in [2.75, 3.05) is 0 Å². The number of Topliss-reactive ketones (excluding diaryl/α,β-unsaturated/α-hetero) is 1. The second-order valence-electron chi connectivity index (χ2n) is 15.8. The molecule has 5 heteroatoms. The molecule has 3 aliphatic rings. The number of aromatic nitrogens is 1. The maximum absolute atomic E-state index is 13.8. The standard InChI is InChI=1S/C41H53NO4/c1-40(2,3)26-30-15-19-38-35(24-30)31(27-41(46-38)21-9-10-22-41)16-18-36(43)33(23-29-11-5-4-6-12-29)25-37(44)32-17-20-39(45)42(28-32)34-13-7-8-14-34/h4-6,11-12,15,17,19-20,24,28,31,33-34,36,43H,7-10,13-14,16,18,21-23,25-27H2,1-3H3/t31-,33+,36+/m0/s1. The molecule has 46 heavy (non-hydrogen) atoms. The van der Waals surface area contributed by atoms with Gasteiger partial charge in [0.2, 0.25) is 0 Å². The summed E-state index contributed by atoms with van der Waals surface area (Å²) in [5.74, 6) is 1.13. The summed E-state index contributed by atoms with van der Waals surface area (Å²) in [6.07, 6.45) is 14.4. The number of aliphatic hydroxyl groups excluding tert-OH is 1. The molecule has 3 aromatic rings. The van der Waals surface area contributed by atoms with Gasteiger partial charge in [0.1, 0.15) is 11.4 Å². The number of fused-ring (bicyclic) bond motifs is 1. The quantitative estimate of drug-likeness (QED) is 0.217. The number of aliphatic hydroxyl groups is 1. The zero-order chi connectivity index (χ0) is 32.3. The van der Waals surface area contributed by atoms with Crippen LogP contribution in [0.5, 0.6) is 5.75 Å². The van der Waals surface area contributed by atoms with E-state index in [2.05, 4.69) is 51.1 Å². The normalized spacial score (nSPS) is 20.7. The Hall–Kier alpha value is -3.18. The number of nitrogens with zero attached hydrogens (tertiary/aromatic N) is 1. The van der Waals surface area contributed by atoms with Gasteiger partial charge in [-0.1, -0.05) is 76.1 Å². The largest absolute Gasteiger partial charge is 0.487 e. The van der Waals surface area contributed by atoms with Gasteiger partial charge < -0.3 is 14.4 Å². The molecule has 0 radical (unpaired) electrons. The van der Waals surface area contributed by atoms with Crippen molar-refractivity contribution in [2.24, 2.45) is 11.3 Å². The van der Waals surface area contributed by atoms with Gasteiger partial charge >= 0.3 is 0 Å². The van der Waals surface area contributed by atoms with E-state index in [1.54, 1.807) is 22.9 Å². The van der Waals surface area contributed by atoms with Gasteiger partial charge in [-0.3, -0.25) is 9.59 Å². The van der Waals surface area contributed by atoms with Crippen LogP contribution in [0.25, 0.3) is 0 Å². The van der Waals surface area contributed by atoms with Crippen molar-refractivity contribution in [1.82, 2.24) is 4.57 Å². The Balaban J connectivity index is 1.21. The fourth-order valence-electron chi connectivity index (χ4n) is 8.51. The number of rotatable bonds is 11. The van der Waals surface area contributed by atoms with E-state index in [0.29, 0.717) is 24.3 Å². The summed E-state index contributed by atoms with van der Waals surface area (Å²) in [6, 6.07) is 20.4. The highest BCUT2D eigenvalue weighted by atomic mass is 16.5. The lowest BCUT2D eigenvalue weighted by molar-refractivity contribution is 0.0343. The lowest BCUT2D eigenvalue weighted by atomic mass is 9.76. The Kier molecular flexibility index (Phi) is 9.89. The van der Waals surface area contributed by atoms with Crippen LogP contribution in [0, 0.1) is 11.3 Å².